The first-order valence-corrected chi connectivity index (χ1v) is 6.31. The maximum absolute atomic E-state index is 5.62. The molecule has 0 unspecified atom stereocenters. The fraction of sp³-hybridized carbons (Fsp3) is 0.467. The second-order valence-corrected chi connectivity index (χ2v) is 3.74. The van der Waals surface area contributed by atoms with E-state index >= 15 is 0 Å². The highest BCUT2D eigenvalue weighted by Gasteiger charge is 2.04. The molecule has 0 spiro atoms. The van der Waals surface area contributed by atoms with Crippen LogP contribution in [0.3, 0.4) is 0 Å². The molecule has 0 saturated carbocycles. The van der Waals surface area contributed by atoms with Crippen LogP contribution >= 0.6 is 0 Å². The van der Waals surface area contributed by atoms with Gasteiger partial charge < -0.3 is 9.47 Å². The second kappa shape index (κ2) is 7.77. The van der Waals surface area contributed by atoms with Crippen molar-refractivity contribution >= 4 is 0 Å². The van der Waals surface area contributed by atoms with Crippen LogP contribution in [0, 0.1) is 0 Å². The highest BCUT2D eigenvalue weighted by atomic mass is 16.5. The van der Waals surface area contributed by atoms with Crippen LogP contribution in [0.15, 0.2) is 30.4 Å². The number of benzene rings is 1. The molecule has 0 aromatic heterocycles. The van der Waals surface area contributed by atoms with E-state index in [0.29, 0.717) is 13.2 Å². The summed E-state index contributed by atoms with van der Waals surface area (Å²) in [7, 11) is 0. The largest absolute Gasteiger partial charge is 0.494 e. The summed E-state index contributed by atoms with van der Waals surface area (Å²) < 4.78 is 11.1. The molecule has 1 aromatic rings. The Kier molecular flexibility index (Phi) is 6.23. The van der Waals surface area contributed by atoms with Crippen LogP contribution in [0.2, 0.25) is 0 Å². The molecule has 94 valence electrons. The fourth-order valence-electron chi connectivity index (χ4n) is 1.71. The van der Waals surface area contributed by atoms with Gasteiger partial charge in [-0.2, -0.15) is 0 Å². The molecule has 0 amide bonds. The Hall–Kier alpha value is -1.44. The van der Waals surface area contributed by atoms with E-state index in [1.165, 1.54) is 5.56 Å². The molecule has 0 heterocycles. The quantitative estimate of drug-likeness (QED) is 0.664. The van der Waals surface area contributed by atoms with Crippen LogP contribution in [0.4, 0.5) is 0 Å². The van der Waals surface area contributed by atoms with Crippen LogP contribution in [-0.4, -0.2) is 13.2 Å². The van der Waals surface area contributed by atoms with Crippen molar-refractivity contribution in [3.63, 3.8) is 0 Å². The zero-order valence-electron chi connectivity index (χ0n) is 11.0. The third-order valence-corrected chi connectivity index (χ3v) is 2.46. The van der Waals surface area contributed by atoms with E-state index in [4.69, 9.17) is 9.47 Å². The van der Waals surface area contributed by atoms with E-state index in [0.717, 1.165) is 24.3 Å². The summed E-state index contributed by atoms with van der Waals surface area (Å²) in [6.45, 7) is 7.44. The van der Waals surface area contributed by atoms with Crippen molar-refractivity contribution in [2.24, 2.45) is 0 Å². The van der Waals surface area contributed by atoms with Gasteiger partial charge in [0.25, 0.3) is 0 Å². The average molecular weight is 234 g/mol. The lowest BCUT2D eigenvalue weighted by atomic mass is 10.1. The Morgan fingerprint density at radius 1 is 1.12 bits per heavy atom. The van der Waals surface area contributed by atoms with Crippen molar-refractivity contribution in [1.82, 2.24) is 0 Å². The average Bonchev–Trinajstić information content (AvgIpc) is 2.33. The zero-order valence-corrected chi connectivity index (χ0v) is 11.0. The molecule has 1 aromatic carbocycles. The Labute approximate surface area is 104 Å². The maximum atomic E-state index is 5.62. The van der Waals surface area contributed by atoms with Crippen LogP contribution in [-0.2, 0) is 6.42 Å². The van der Waals surface area contributed by atoms with E-state index in [1.807, 2.05) is 32.9 Å². The molecule has 0 atom stereocenters. The van der Waals surface area contributed by atoms with E-state index in [-0.39, 0.29) is 0 Å². The molecule has 0 bridgehead atoms. The highest BCUT2D eigenvalue weighted by molar-refractivity contribution is 5.40. The van der Waals surface area contributed by atoms with E-state index in [9.17, 15) is 0 Å². The van der Waals surface area contributed by atoms with Gasteiger partial charge in [0, 0.05) is 0 Å². The number of hydrogen-bond donors (Lipinski definition) is 0. The lowest BCUT2D eigenvalue weighted by Crippen LogP contribution is -1.98. The molecule has 1 rings (SSSR count). The lowest BCUT2D eigenvalue weighted by molar-refractivity contribution is 0.327. The summed E-state index contributed by atoms with van der Waals surface area (Å²) in [5, 5.41) is 0. The van der Waals surface area contributed by atoms with Crippen molar-refractivity contribution in [2.75, 3.05) is 13.2 Å². The van der Waals surface area contributed by atoms with Crippen molar-refractivity contribution < 1.29 is 9.47 Å². The minimum Gasteiger partial charge on any atom is -0.494 e. The zero-order chi connectivity index (χ0) is 12.5. The van der Waals surface area contributed by atoms with Gasteiger partial charge in [-0.3, -0.25) is 0 Å². The lowest BCUT2D eigenvalue weighted by Gasteiger charge is -2.11. The summed E-state index contributed by atoms with van der Waals surface area (Å²) in [6, 6.07) is 6.05. The second-order valence-electron chi connectivity index (χ2n) is 3.74. The van der Waals surface area contributed by atoms with Crippen LogP contribution < -0.4 is 9.47 Å². The van der Waals surface area contributed by atoms with Crippen molar-refractivity contribution in [3.8, 4) is 11.5 Å². The predicted octanol–water partition coefficient (Wildman–Crippen LogP) is 3.99. The standard InChI is InChI=1S/C15H22O2/c1-4-7-8-9-13-12-14(16-5-2)10-11-15(13)17-6-3/h4,7,10-12H,5-6,8-9H2,1-3H3/b7-4-. The van der Waals surface area contributed by atoms with Gasteiger partial charge >= 0.3 is 0 Å². The summed E-state index contributed by atoms with van der Waals surface area (Å²) >= 11 is 0. The summed E-state index contributed by atoms with van der Waals surface area (Å²) in [5.41, 5.74) is 1.22. The normalized spacial score (nSPS) is 10.8. The van der Waals surface area contributed by atoms with E-state index in [1.54, 1.807) is 0 Å². The van der Waals surface area contributed by atoms with Gasteiger partial charge in [0.1, 0.15) is 11.5 Å². The number of allylic oxidation sites excluding steroid dienone is 2. The molecule has 0 fully saturated rings. The number of aryl methyl sites for hydroxylation is 1. The molecule has 2 nitrogen and oxygen atoms in total. The number of hydrogen-bond acceptors (Lipinski definition) is 2. The Bertz CT molecular complexity index is 356. The van der Waals surface area contributed by atoms with Gasteiger partial charge in [-0.05, 0) is 57.4 Å². The minimum atomic E-state index is 0.697. The summed E-state index contributed by atoms with van der Waals surface area (Å²) in [5.74, 6) is 1.90. The number of rotatable bonds is 7. The fourth-order valence-corrected chi connectivity index (χ4v) is 1.71. The molecular weight excluding hydrogens is 212 g/mol. The third kappa shape index (κ3) is 4.51. The number of ether oxygens (including phenoxy) is 2. The molecular formula is C15H22O2. The predicted molar refractivity (Wildman–Crippen MR) is 71.9 cm³/mol. The van der Waals surface area contributed by atoms with Crippen molar-refractivity contribution in [2.45, 2.75) is 33.6 Å². The van der Waals surface area contributed by atoms with Crippen molar-refractivity contribution in [3.05, 3.63) is 35.9 Å². The molecule has 0 saturated heterocycles. The van der Waals surface area contributed by atoms with Gasteiger partial charge in [-0.25, -0.2) is 0 Å². The van der Waals surface area contributed by atoms with Crippen LogP contribution in [0.25, 0.3) is 0 Å². The van der Waals surface area contributed by atoms with Crippen LogP contribution in [0.5, 0.6) is 11.5 Å². The first-order chi connectivity index (χ1) is 8.31. The maximum Gasteiger partial charge on any atom is 0.122 e. The first-order valence-electron chi connectivity index (χ1n) is 6.31. The molecule has 17 heavy (non-hydrogen) atoms. The Morgan fingerprint density at radius 3 is 2.53 bits per heavy atom. The van der Waals surface area contributed by atoms with Gasteiger partial charge in [0.15, 0.2) is 0 Å². The minimum absolute atomic E-state index is 0.697. The van der Waals surface area contributed by atoms with Gasteiger partial charge in [0.05, 0.1) is 13.2 Å². The highest BCUT2D eigenvalue weighted by Crippen LogP contribution is 2.25. The van der Waals surface area contributed by atoms with Crippen molar-refractivity contribution in [1.29, 1.82) is 0 Å². The van der Waals surface area contributed by atoms with E-state index in [2.05, 4.69) is 18.2 Å². The monoisotopic (exact) mass is 234 g/mol. The summed E-state index contributed by atoms with van der Waals surface area (Å²) in [4.78, 5) is 0. The first kappa shape index (κ1) is 13.6. The van der Waals surface area contributed by atoms with Crippen LogP contribution in [0.1, 0.15) is 32.8 Å². The SMILES string of the molecule is C/C=C\CCc1cc(OCC)ccc1OCC. The molecule has 0 radical (unpaired) electrons. The molecule has 0 aliphatic carbocycles. The molecule has 0 aliphatic rings. The summed E-state index contributed by atoms with van der Waals surface area (Å²) in [6.07, 6.45) is 6.27. The topological polar surface area (TPSA) is 18.5 Å². The van der Waals surface area contributed by atoms with Gasteiger partial charge in [0.2, 0.25) is 0 Å². The Morgan fingerprint density at radius 2 is 1.88 bits per heavy atom. The third-order valence-electron chi connectivity index (χ3n) is 2.46. The van der Waals surface area contributed by atoms with E-state index < -0.39 is 0 Å². The molecule has 0 N–H and O–H groups in total. The van der Waals surface area contributed by atoms with Gasteiger partial charge in [-0.15, -0.1) is 0 Å². The molecule has 2 heteroatoms. The molecule has 0 aliphatic heterocycles. The van der Waals surface area contributed by atoms with Gasteiger partial charge in [-0.1, -0.05) is 12.2 Å². The smallest absolute Gasteiger partial charge is 0.122 e. The Balaban J connectivity index is 2.81.